The first-order chi connectivity index (χ1) is 11.0. The molecule has 0 saturated carbocycles. The normalized spacial score (nSPS) is 22.5. The highest BCUT2D eigenvalue weighted by atomic mass is 79.9. The molecule has 23 heavy (non-hydrogen) atoms. The molecule has 7 heteroatoms. The Bertz CT molecular complexity index is 602. The lowest BCUT2D eigenvalue weighted by Crippen LogP contribution is -2.44. The lowest BCUT2D eigenvalue weighted by molar-refractivity contribution is -0.137. The van der Waals surface area contributed by atoms with E-state index < -0.39 is 0 Å². The van der Waals surface area contributed by atoms with E-state index in [0.29, 0.717) is 31.9 Å². The zero-order valence-corrected chi connectivity index (χ0v) is 14.7. The monoisotopic (exact) mass is 381 g/mol. The van der Waals surface area contributed by atoms with E-state index in [0.717, 1.165) is 17.3 Å². The summed E-state index contributed by atoms with van der Waals surface area (Å²) in [6.45, 7) is 1.87. The van der Waals surface area contributed by atoms with Crippen molar-refractivity contribution in [2.24, 2.45) is 5.92 Å². The maximum atomic E-state index is 12.5. The van der Waals surface area contributed by atoms with E-state index >= 15 is 0 Å². The van der Waals surface area contributed by atoms with Crippen LogP contribution in [0.1, 0.15) is 19.3 Å². The molecule has 2 aliphatic rings. The summed E-state index contributed by atoms with van der Waals surface area (Å²) >= 11 is 3.43. The minimum absolute atomic E-state index is 0.0570. The molecule has 2 saturated heterocycles. The molecule has 2 aliphatic heterocycles. The van der Waals surface area contributed by atoms with Gasteiger partial charge < -0.3 is 14.5 Å². The first kappa shape index (κ1) is 16.2. The van der Waals surface area contributed by atoms with Crippen molar-refractivity contribution in [3.8, 4) is 5.88 Å². The van der Waals surface area contributed by atoms with E-state index in [1.165, 1.54) is 0 Å². The van der Waals surface area contributed by atoms with Crippen LogP contribution in [-0.4, -0.2) is 59.4 Å². The maximum absolute atomic E-state index is 12.5. The Morgan fingerprint density at radius 3 is 2.74 bits per heavy atom. The fraction of sp³-hybridized carbons (Fsp3) is 0.562. The molecule has 0 unspecified atom stereocenters. The molecule has 6 nitrogen and oxygen atoms in total. The van der Waals surface area contributed by atoms with Crippen molar-refractivity contribution in [3.63, 3.8) is 0 Å². The average Bonchev–Trinajstić information content (AvgIpc) is 2.89. The molecule has 0 N–H and O–H groups in total. The van der Waals surface area contributed by atoms with Crippen LogP contribution in [0.2, 0.25) is 0 Å². The van der Waals surface area contributed by atoms with E-state index in [4.69, 9.17) is 4.74 Å². The third-order valence-electron chi connectivity index (χ3n) is 4.45. The van der Waals surface area contributed by atoms with Gasteiger partial charge >= 0.3 is 0 Å². The number of piperidine rings is 1. The molecule has 2 amide bonds. The third kappa shape index (κ3) is 3.65. The molecule has 1 atom stereocenters. The van der Waals surface area contributed by atoms with Crippen molar-refractivity contribution in [3.05, 3.63) is 22.8 Å². The van der Waals surface area contributed by atoms with Gasteiger partial charge in [0.05, 0.1) is 10.4 Å². The number of aromatic nitrogens is 1. The Morgan fingerprint density at radius 1 is 1.39 bits per heavy atom. The summed E-state index contributed by atoms with van der Waals surface area (Å²) in [5.41, 5.74) is 0. The van der Waals surface area contributed by atoms with Crippen molar-refractivity contribution in [2.45, 2.75) is 25.4 Å². The zero-order chi connectivity index (χ0) is 16.4. The summed E-state index contributed by atoms with van der Waals surface area (Å²) in [6.07, 6.45) is 3.67. The lowest BCUT2D eigenvalue weighted by Gasteiger charge is -2.33. The van der Waals surface area contributed by atoms with Crippen LogP contribution in [0, 0.1) is 5.92 Å². The number of pyridine rings is 1. The average molecular weight is 382 g/mol. The fourth-order valence-electron chi connectivity index (χ4n) is 3.10. The standard InChI is InChI=1S/C16H20BrN3O3/c1-19-10-11(9-14(19)21)16(22)20-7-4-12(5-8-20)23-15-13(17)3-2-6-18-15/h2-3,6,11-12H,4-5,7-10H2,1H3/t11-/m0/s1. The van der Waals surface area contributed by atoms with Crippen molar-refractivity contribution >= 4 is 27.7 Å². The third-order valence-corrected chi connectivity index (χ3v) is 5.05. The van der Waals surface area contributed by atoms with Gasteiger partial charge in [0.15, 0.2) is 0 Å². The molecule has 1 aromatic rings. The molecule has 3 rings (SSSR count). The summed E-state index contributed by atoms with van der Waals surface area (Å²) in [5.74, 6) is 0.567. The SMILES string of the molecule is CN1C[C@@H](C(=O)N2CCC(Oc3ncccc3Br)CC2)CC1=O. The number of carbonyl (C=O) groups excluding carboxylic acids is 2. The van der Waals surface area contributed by atoms with Crippen LogP contribution in [0.25, 0.3) is 0 Å². The van der Waals surface area contributed by atoms with Gasteiger partial charge in [-0.2, -0.15) is 0 Å². The summed E-state index contributed by atoms with van der Waals surface area (Å²) in [7, 11) is 1.75. The van der Waals surface area contributed by atoms with Crippen LogP contribution >= 0.6 is 15.9 Å². The molecule has 0 spiro atoms. The molecule has 124 valence electrons. The maximum Gasteiger partial charge on any atom is 0.228 e. The Balaban J connectivity index is 1.51. The van der Waals surface area contributed by atoms with Crippen molar-refractivity contribution in [2.75, 3.05) is 26.7 Å². The van der Waals surface area contributed by atoms with E-state index in [2.05, 4.69) is 20.9 Å². The largest absolute Gasteiger partial charge is 0.473 e. The number of rotatable bonds is 3. The van der Waals surface area contributed by atoms with Crippen LogP contribution in [0.15, 0.2) is 22.8 Å². The Labute approximate surface area is 143 Å². The van der Waals surface area contributed by atoms with Gasteiger partial charge in [-0.3, -0.25) is 9.59 Å². The van der Waals surface area contributed by atoms with Crippen molar-refractivity contribution in [1.29, 1.82) is 0 Å². The number of carbonyl (C=O) groups is 2. The van der Waals surface area contributed by atoms with Gasteiger partial charge in [-0.1, -0.05) is 0 Å². The molecule has 0 radical (unpaired) electrons. The van der Waals surface area contributed by atoms with E-state index in [-0.39, 0.29) is 23.8 Å². The van der Waals surface area contributed by atoms with Crippen LogP contribution in [0.5, 0.6) is 5.88 Å². The molecule has 1 aromatic heterocycles. The van der Waals surface area contributed by atoms with Crippen LogP contribution in [0.3, 0.4) is 0 Å². The topological polar surface area (TPSA) is 62.7 Å². The van der Waals surface area contributed by atoms with Gasteiger partial charge in [-0.15, -0.1) is 0 Å². The number of hydrogen-bond acceptors (Lipinski definition) is 4. The Hall–Kier alpha value is -1.63. The number of likely N-dealkylation sites (tertiary alicyclic amines) is 2. The molecular formula is C16H20BrN3O3. The second-order valence-corrected chi connectivity index (χ2v) is 6.96. The smallest absolute Gasteiger partial charge is 0.228 e. The molecule has 2 fully saturated rings. The predicted octanol–water partition coefficient (Wildman–Crippen LogP) is 1.69. The van der Waals surface area contributed by atoms with Crippen LogP contribution in [-0.2, 0) is 9.59 Å². The Kier molecular flexibility index (Phi) is 4.84. The summed E-state index contributed by atoms with van der Waals surface area (Å²) < 4.78 is 6.75. The zero-order valence-electron chi connectivity index (χ0n) is 13.1. The fourth-order valence-corrected chi connectivity index (χ4v) is 3.45. The quantitative estimate of drug-likeness (QED) is 0.798. The number of hydrogen-bond donors (Lipinski definition) is 0. The first-order valence-corrected chi connectivity index (χ1v) is 8.64. The number of amides is 2. The molecule has 0 aromatic carbocycles. The molecule has 0 aliphatic carbocycles. The minimum Gasteiger partial charge on any atom is -0.473 e. The highest BCUT2D eigenvalue weighted by Gasteiger charge is 2.36. The minimum atomic E-state index is -0.185. The van der Waals surface area contributed by atoms with E-state index in [1.54, 1.807) is 18.1 Å². The highest BCUT2D eigenvalue weighted by molar-refractivity contribution is 9.10. The van der Waals surface area contributed by atoms with Gasteiger partial charge in [-0.25, -0.2) is 4.98 Å². The lowest BCUT2D eigenvalue weighted by atomic mass is 10.0. The molecule has 0 bridgehead atoms. The highest BCUT2D eigenvalue weighted by Crippen LogP contribution is 2.26. The van der Waals surface area contributed by atoms with Crippen LogP contribution in [0.4, 0.5) is 0 Å². The Morgan fingerprint density at radius 2 is 2.13 bits per heavy atom. The number of ether oxygens (including phenoxy) is 1. The van der Waals surface area contributed by atoms with Gasteiger partial charge in [0.2, 0.25) is 17.7 Å². The molecular weight excluding hydrogens is 362 g/mol. The van der Waals surface area contributed by atoms with Gasteiger partial charge in [0, 0.05) is 52.1 Å². The predicted molar refractivity (Wildman–Crippen MR) is 87.9 cm³/mol. The van der Waals surface area contributed by atoms with E-state index in [1.807, 2.05) is 17.0 Å². The van der Waals surface area contributed by atoms with E-state index in [9.17, 15) is 9.59 Å². The second kappa shape index (κ2) is 6.86. The van der Waals surface area contributed by atoms with Crippen molar-refractivity contribution in [1.82, 2.24) is 14.8 Å². The first-order valence-electron chi connectivity index (χ1n) is 7.84. The number of nitrogens with zero attached hydrogens (tertiary/aromatic N) is 3. The summed E-state index contributed by atoms with van der Waals surface area (Å²) in [4.78, 5) is 31.8. The second-order valence-electron chi connectivity index (χ2n) is 6.11. The number of halogens is 1. The summed E-state index contributed by atoms with van der Waals surface area (Å²) in [6, 6.07) is 3.74. The van der Waals surface area contributed by atoms with Gasteiger partial charge in [-0.05, 0) is 28.1 Å². The van der Waals surface area contributed by atoms with Gasteiger partial charge in [0.1, 0.15) is 6.10 Å². The van der Waals surface area contributed by atoms with Gasteiger partial charge in [0.25, 0.3) is 0 Å². The van der Waals surface area contributed by atoms with Crippen LogP contribution < -0.4 is 4.74 Å². The molecule has 3 heterocycles. The van der Waals surface area contributed by atoms with Crippen molar-refractivity contribution < 1.29 is 14.3 Å². The summed E-state index contributed by atoms with van der Waals surface area (Å²) in [5, 5.41) is 0.